The maximum Gasteiger partial charge on any atom is 0.137 e. The summed E-state index contributed by atoms with van der Waals surface area (Å²) >= 11 is 3.30. The molecule has 0 atom stereocenters. The highest BCUT2D eigenvalue weighted by atomic mass is 79.9. The van der Waals surface area contributed by atoms with Crippen LogP contribution in [0, 0.1) is 0 Å². The van der Waals surface area contributed by atoms with E-state index in [0.29, 0.717) is 12.3 Å². The molecule has 0 aliphatic carbocycles. The lowest BCUT2D eigenvalue weighted by Gasteiger charge is -2.07. The first-order valence-corrected chi connectivity index (χ1v) is 6.58. The lowest BCUT2D eigenvalue weighted by Crippen LogP contribution is -2.15. The van der Waals surface area contributed by atoms with E-state index < -0.39 is 0 Å². The number of nitrogens with one attached hydrogen (secondary N) is 2. The van der Waals surface area contributed by atoms with Gasteiger partial charge in [0.05, 0.1) is 4.47 Å². The molecule has 0 spiro atoms. The van der Waals surface area contributed by atoms with Gasteiger partial charge in [-0.25, -0.2) is 4.98 Å². The summed E-state index contributed by atoms with van der Waals surface area (Å²) in [7, 11) is 0. The number of rotatable bonds is 6. The minimum Gasteiger partial charge on any atom is -0.506 e. The zero-order chi connectivity index (χ0) is 12.8. The number of halogens is 1. The second-order valence-electron chi connectivity index (χ2n) is 3.96. The van der Waals surface area contributed by atoms with Gasteiger partial charge in [-0.05, 0) is 35.0 Å². The normalized spacial score (nSPS) is 10.7. The van der Waals surface area contributed by atoms with Crippen LogP contribution >= 0.6 is 15.9 Å². The number of aryl methyl sites for hydroxylation is 1. The molecule has 0 bridgehead atoms. The van der Waals surface area contributed by atoms with Crippen molar-refractivity contribution in [3.8, 4) is 5.75 Å². The lowest BCUT2D eigenvalue weighted by atomic mass is 10.2. The van der Waals surface area contributed by atoms with E-state index in [-0.39, 0.29) is 0 Å². The topological polar surface area (TPSA) is 73.8 Å². The molecule has 0 unspecified atom stereocenters. The van der Waals surface area contributed by atoms with E-state index in [4.69, 9.17) is 0 Å². The molecule has 0 amide bonds. The third kappa shape index (κ3) is 3.54. The SMILES string of the molecule is Oc1c(Br)cccc1CNCCCc1ncn[nH]1. The number of nitrogens with zero attached hydrogens (tertiary/aromatic N) is 2. The minimum atomic E-state index is 0.306. The van der Waals surface area contributed by atoms with Gasteiger partial charge in [-0.15, -0.1) is 0 Å². The van der Waals surface area contributed by atoms with Crippen LogP contribution in [0.1, 0.15) is 17.8 Å². The summed E-state index contributed by atoms with van der Waals surface area (Å²) in [6, 6.07) is 5.64. The molecule has 0 aliphatic heterocycles. The highest BCUT2D eigenvalue weighted by Crippen LogP contribution is 2.27. The van der Waals surface area contributed by atoms with Crippen molar-refractivity contribution in [1.82, 2.24) is 20.5 Å². The van der Waals surface area contributed by atoms with Crippen LogP contribution in [0.4, 0.5) is 0 Å². The second-order valence-corrected chi connectivity index (χ2v) is 4.81. The van der Waals surface area contributed by atoms with Crippen molar-refractivity contribution in [3.63, 3.8) is 0 Å². The molecule has 0 aliphatic rings. The Morgan fingerprint density at radius 3 is 3.06 bits per heavy atom. The standard InChI is InChI=1S/C12H15BrN4O/c13-10-4-1-3-9(12(10)18)7-14-6-2-5-11-15-8-16-17-11/h1,3-4,8,14,18H,2,5-7H2,(H,15,16,17). The maximum atomic E-state index is 9.79. The van der Waals surface area contributed by atoms with Crippen LogP contribution in [-0.4, -0.2) is 26.8 Å². The Hall–Kier alpha value is -1.40. The van der Waals surface area contributed by atoms with Gasteiger partial charge in [0.2, 0.25) is 0 Å². The summed E-state index contributed by atoms with van der Waals surface area (Å²) in [5.41, 5.74) is 0.893. The highest BCUT2D eigenvalue weighted by molar-refractivity contribution is 9.10. The third-order valence-corrected chi connectivity index (χ3v) is 3.26. The Labute approximate surface area is 114 Å². The van der Waals surface area contributed by atoms with E-state index in [2.05, 4.69) is 36.4 Å². The molecule has 1 aromatic carbocycles. The number of phenolic OH excluding ortho intramolecular Hbond substituents is 1. The van der Waals surface area contributed by atoms with Crippen LogP contribution in [-0.2, 0) is 13.0 Å². The molecule has 0 radical (unpaired) electrons. The zero-order valence-corrected chi connectivity index (χ0v) is 11.4. The number of aromatic nitrogens is 3. The molecule has 1 heterocycles. The number of hydrogen-bond acceptors (Lipinski definition) is 4. The van der Waals surface area contributed by atoms with Crippen molar-refractivity contribution < 1.29 is 5.11 Å². The number of para-hydroxylation sites is 1. The molecule has 3 N–H and O–H groups in total. The maximum absolute atomic E-state index is 9.79. The number of aromatic amines is 1. The van der Waals surface area contributed by atoms with Crippen LogP contribution in [0.25, 0.3) is 0 Å². The molecule has 5 nitrogen and oxygen atoms in total. The van der Waals surface area contributed by atoms with Crippen LogP contribution in [0.5, 0.6) is 5.75 Å². The molecule has 0 saturated heterocycles. The molecule has 2 rings (SSSR count). The predicted molar refractivity (Wildman–Crippen MR) is 72.2 cm³/mol. The Balaban J connectivity index is 1.70. The Morgan fingerprint density at radius 2 is 2.28 bits per heavy atom. The van der Waals surface area contributed by atoms with Gasteiger partial charge in [-0.1, -0.05) is 12.1 Å². The molecule has 0 fully saturated rings. The molecule has 2 aromatic rings. The Kier molecular flexibility index (Phi) is 4.72. The van der Waals surface area contributed by atoms with Crippen molar-refractivity contribution in [1.29, 1.82) is 0 Å². The van der Waals surface area contributed by atoms with Gasteiger partial charge >= 0.3 is 0 Å². The molecule has 1 aromatic heterocycles. The highest BCUT2D eigenvalue weighted by Gasteiger charge is 2.03. The van der Waals surface area contributed by atoms with Crippen molar-refractivity contribution in [3.05, 3.63) is 40.4 Å². The van der Waals surface area contributed by atoms with Crippen molar-refractivity contribution >= 4 is 15.9 Å². The second kappa shape index (κ2) is 6.51. The lowest BCUT2D eigenvalue weighted by molar-refractivity contribution is 0.460. The number of aromatic hydroxyl groups is 1. The fourth-order valence-corrected chi connectivity index (χ4v) is 2.07. The molecule has 6 heteroatoms. The zero-order valence-electron chi connectivity index (χ0n) is 9.86. The van der Waals surface area contributed by atoms with Crippen LogP contribution in [0.2, 0.25) is 0 Å². The predicted octanol–water partition coefficient (Wildman–Crippen LogP) is 2.00. The number of hydrogen-bond donors (Lipinski definition) is 3. The van der Waals surface area contributed by atoms with E-state index >= 15 is 0 Å². The number of H-pyrrole nitrogens is 1. The van der Waals surface area contributed by atoms with E-state index in [0.717, 1.165) is 35.2 Å². The number of phenols is 1. The monoisotopic (exact) mass is 310 g/mol. The van der Waals surface area contributed by atoms with Crippen molar-refractivity contribution in [2.45, 2.75) is 19.4 Å². The first kappa shape index (κ1) is 13.0. The van der Waals surface area contributed by atoms with E-state index in [1.165, 1.54) is 6.33 Å². The van der Waals surface area contributed by atoms with E-state index in [1.54, 1.807) is 0 Å². The fraction of sp³-hybridized carbons (Fsp3) is 0.333. The Morgan fingerprint density at radius 1 is 1.39 bits per heavy atom. The van der Waals surface area contributed by atoms with Crippen molar-refractivity contribution in [2.24, 2.45) is 0 Å². The van der Waals surface area contributed by atoms with Gasteiger partial charge < -0.3 is 10.4 Å². The average Bonchev–Trinajstić information content (AvgIpc) is 2.87. The minimum absolute atomic E-state index is 0.306. The summed E-state index contributed by atoms with van der Waals surface area (Å²) in [5.74, 6) is 1.21. The van der Waals surface area contributed by atoms with E-state index in [1.807, 2.05) is 18.2 Å². The van der Waals surface area contributed by atoms with Gasteiger partial charge in [-0.3, -0.25) is 5.10 Å². The first-order chi connectivity index (χ1) is 8.77. The quantitative estimate of drug-likeness (QED) is 0.713. The molecule has 0 saturated carbocycles. The summed E-state index contributed by atoms with van der Waals surface area (Å²) < 4.78 is 0.725. The summed E-state index contributed by atoms with van der Waals surface area (Å²) in [6.07, 6.45) is 3.36. The molecule has 96 valence electrons. The first-order valence-electron chi connectivity index (χ1n) is 5.78. The summed E-state index contributed by atoms with van der Waals surface area (Å²) in [4.78, 5) is 4.06. The van der Waals surface area contributed by atoms with Gasteiger partial charge in [0.25, 0.3) is 0 Å². The molecule has 18 heavy (non-hydrogen) atoms. The fourth-order valence-electron chi connectivity index (χ4n) is 1.66. The largest absolute Gasteiger partial charge is 0.506 e. The molecular weight excluding hydrogens is 296 g/mol. The van der Waals surface area contributed by atoms with Crippen molar-refractivity contribution in [2.75, 3.05) is 6.54 Å². The summed E-state index contributed by atoms with van der Waals surface area (Å²) in [6.45, 7) is 1.52. The molecular formula is C12H15BrN4O. The average molecular weight is 311 g/mol. The van der Waals surface area contributed by atoms with Crippen LogP contribution in [0.3, 0.4) is 0 Å². The Bertz CT molecular complexity index is 487. The van der Waals surface area contributed by atoms with Gasteiger partial charge in [0, 0.05) is 18.5 Å². The van der Waals surface area contributed by atoms with E-state index in [9.17, 15) is 5.11 Å². The smallest absolute Gasteiger partial charge is 0.137 e. The van der Waals surface area contributed by atoms with Crippen LogP contribution in [0.15, 0.2) is 29.0 Å². The van der Waals surface area contributed by atoms with Gasteiger partial charge in [-0.2, -0.15) is 5.10 Å². The number of benzene rings is 1. The third-order valence-electron chi connectivity index (χ3n) is 2.62. The van der Waals surface area contributed by atoms with Gasteiger partial charge in [0.15, 0.2) is 0 Å². The summed E-state index contributed by atoms with van der Waals surface area (Å²) in [5, 5.41) is 19.7. The van der Waals surface area contributed by atoms with Gasteiger partial charge in [0.1, 0.15) is 17.9 Å². The van der Waals surface area contributed by atoms with Crippen LogP contribution < -0.4 is 5.32 Å².